The van der Waals surface area contributed by atoms with Crippen LogP contribution in [0.1, 0.15) is 47.8 Å². The molecule has 1 saturated heterocycles. The number of ether oxygens (including phenoxy) is 1. The summed E-state index contributed by atoms with van der Waals surface area (Å²) in [7, 11) is 0. The number of aromatic nitrogens is 1. The quantitative estimate of drug-likeness (QED) is 0.568. The van der Waals surface area contributed by atoms with Crippen LogP contribution in [-0.4, -0.2) is 44.8 Å². The first-order valence-electron chi connectivity index (χ1n) is 12.1. The van der Waals surface area contributed by atoms with Gasteiger partial charge >= 0.3 is 0 Å². The average Bonchev–Trinajstić information content (AvgIpc) is 3.55. The predicted octanol–water partition coefficient (Wildman–Crippen LogP) is 2.93. The lowest BCUT2D eigenvalue weighted by atomic mass is 9.49. The van der Waals surface area contributed by atoms with E-state index >= 15 is 0 Å². The molecule has 2 bridgehead atoms. The fourth-order valence-corrected chi connectivity index (χ4v) is 7.63. The van der Waals surface area contributed by atoms with Crippen LogP contribution in [0, 0.1) is 5.92 Å². The van der Waals surface area contributed by atoms with Crippen LogP contribution in [0.4, 0.5) is 0 Å². The summed E-state index contributed by atoms with van der Waals surface area (Å²) < 4.78 is 6.53. The van der Waals surface area contributed by atoms with Crippen molar-refractivity contribution in [1.29, 1.82) is 0 Å². The number of benzene rings is 2. The van der Waals surface area contributed by atoms with E-state index in [4.69, 9.17) is 4.74 Å². The molecule has 3 N–H and O–H groups in total. The molecule has 2 aliphatic heterocycles. The van der Waals surface area contributed by atoms with Gasteiger partial charge in [-0.3, -0.25) is 9.69 Å². The predicted molar refractivity (Wildman–Crippen MR) is 123 cm³/mol. The molecule has 6 heteroatoms. The largest absolute Gasteiger partial charge is 0.504 e. The van der Waals surface area contributed by atoms with Crippen molar-refractivity contribution in [3.8, 4) is 11.5 Å². The normalized spacial score (nSPS) is 33.5. The van der Waals surface area contributed by atoms with Crippen LogP contribution in [-0.2, 0) is 18.3 Å². The third-order valence-electron chi connectivity index (χ3n) is 9.26. The molecule has 1 saturated carbocycles. The van der Waals surface area contributed by atoms with E-state index in [2.05, 4.69) is 9.88 Å². The highest BCUT2D eigenvalue weighted by molar-refractivity contribution is 5.80. The first-order chi connectivity index (χ1) is 16.0. The molecular formula is C27H26N2O4. The van der Waals surface area contributed by atoms with Gasteiger partial charge in [0, 0.05) is 41.0 Å². The summed E-state index contributed by atoms with van der Waals surface area (Å²) in [5, 5.41) is 24.1. The molecule has 5 aliphatic rings. The van der Waals surface area contributed by atoms with E-state index in [0.29, 0.717) is 29.5 Å². The number of aromatic amines is 1. The fraction of sp³-hybridized carbons (Fsp3) is 0.444. The van der Waals surface area contributed by atoms with Crippen LogP contribution in [0.15, 0.2) is 41.2 Å². The first-order valence-corrected chi connectivity index (χ1v) is 12.1. The van der Waals surface area contributed by atoms with Crippen molar-refractivity contribution in [2.45, 2.75) is 55.3 Å². The van der Waals surface area contributed by atoms with Crippen LogP contribution in [0.2, 0.25) is 0 Å². The molecule has 168 valence electrons. The maximum Gasteiger partial charge on any atom is 0.193 e. The summed E-state index contributed by atoms with van der Waals surface area (Å²) >= 11 is 0. The number of fused-ring (bicyclic) bond motifs is 3. The Morgan fingerprint density at radius 2 is 2.03 bits per heavy atom. The van der Waals surface area contributed by atoms with Gasteiger partial charge < -0.3 is 19.9 Å². The number of aromatic hydroxyl groups is 1. The number of rotatable bonds is 2. The number of para-hydroxylation sites is 1. The minimum Gasteiger partial charge on any atom is -0.504 e. The third kappa shape index (κ3) is 2.06. The molecule has 1 spiro atoms. The van der Waals surface area contributed by atoms with Crippen molar-refractivity contribution in [2.24, 2.45) is 5.92 Å². The van der Waals surface area contributed by atoms with E-state index in [1.54, 1.807) is 6.07 Å². The van der Waals surface area contributed by atoms with Crippen LogP contribution in [0.5, 0.6) is 11.5 Å². The minimum absolute atomic E-state index is 0.0241. The Morgan fingerprint density at radius 3 is 2.88 bits per heavy atom. The molecule has 2 fully saturated rings. The van der Waals surface area contributed by atoms with Crippen molar-refractivity contribution < 1.29 is 14.9 Å². The van der Waals surface area contributed by atoms with Crippen molar-refractivity contribution in [3.63, 3.8) is 0 Å². The van der Waals surface area contributed by atoms with Gasteiger partial charge in [-0.25, -0.2) is 0 Å². The molecule has 0 unspecified atom stereocenters. The van der Waals surface area contributed by atoms with Gasteiger partial charge in [0.05, 0.1) is 16.7 Å². The van der Waals surface area contributed by atoms with Gasteiger partial charge in [-0.2, -0.15) is 0 Å². The zero-order valence-corrected chi connectivity index (χ0v) is 18.3. The van der Waals surface area contributed by atoms with E-state index in [0.717, 1.165) is 47.8 Å². The van der Waals surface area contributed by atoms with Gasteiger partial charge in [0.1, 0.15) is 0 Å². The molecule has 1 aromatic heterocycles. The second kappa shape index (κ2) is 5.80. The molecule has 4 atom stereocenters. The van der Waals surface area contributed by atoms with Gasteiger partial charge in [0.2, 0.25) is 0 Å². The topological polar surface area (TPSA) is 85.8 Å². The number of nitrogens with zero attached hydrogens (tertiary/aromatic N) is 1. The number of phenols is 1. The van der Waals surface area contributed by atoms with Gasteiger partial charge in [-0.15, -0.1) is 0 Å². The molecular weight excluding hydrogens is 416 g/mol. The molecule has 8 rings (SSSR count). The Hall–Kier alpha value is -2.83. The number of nitrogens with one attached hydrogen (secondary N) is 1. The lowest BCUT2D eigenvalue weighted by Crippen LogP contribution is -2.75. The smallest absolute Gasteiger partial charge is 0.193 e. The zero-order valence-electron chi connectivity index (χ0n) is 18.3. The summed E-state index contributed by atoms with van der Waals surface area (Å²) in [6.07, 6.45) is 3.78. The number of likely N-dealkylation sites (tertiary alicyclic amines) is 1. The highest BCUT2D eigenvalue weighted by Crippen LogP contribution is 2.68. The van der Waals surface area contributed by atoms with Crippen LogP contribution in [0.25, 0.3) is 10.9 Å². The second-order valence-electron chi connectivity index (χ2n) is 10.8. The standard InChI is InChI=1S/C27H26N2O4/c30-19-8-7-15-11-20-27(32)12-17-22(28-18-4-2-1-3-16(18)23(17)31)25-26(27,21(15)24(19)33-25)9-10-29(20)13-14-5-6-14/h1-4,7-8,14,20,25,30,32H,5-6,9-13H2,(H,28,31)/t20-,25-,26-,27+/m0/s1. The molecule has 6 nitrogen and oxygen atoms in total. The molecule has 3 aromatic rings. The van der Waals surface area contributed by atoms with Crippen LogP contribution >= 0.6 is 0 Å². The Bertz CT molecular complexity index is 1430. The Balaban J connectivity index is 1.43. The van der Waals surface area contributed by atoms with Gasteiger partial charge in [-0.05, 0) is 61.9 Å². The number of hydrogen-bond donors (Lipinski definition) is 3. The number of H-pyrrole nitrogens is 1. The molecule has 0 amide bonds. The van der Waals surface area contributed by atoms with Crippen LogP contribution in [0.3, 0.4) is 0 Å². The van der Waals surface area contributed by atoms with Gasteiger partial charge in [-0.1, -0.05) is 18.2 Å². The summed E-state index contributed by atoms with van der Waals surface area (Å²) in [4.78, 5) is 19.7. The third-order valence-corrected chi connectivity index (χ3v) is 9.26. The Labute approximate surface area is 190 Å². The van der Waals surface area contributed by atoms with Gasteiger partial charge in [0.25, 0.3) is 0 Å². The molecule has 2 aromatic carbocycles. The summed E-state index contributed by atoms with van der Waals surface area (Å²) in [6, 6.07) is 11.2. The van der Waals surface area contributed by atoms with Gasteiger partial charge in [0.15, 0.2) is 23.0 Å². The van der Waals surface area contributed by atoms with E-state index in [1.807, 2.05) is 30.3 Å². The number of piperidine rings is 1. The van der Waals surface area contributed by atoms with E-state index < -0.39 is 17.1 Å². The maximum atomic E-state index is 13.7. The number of aliphatic hydroxyl groups is 1. The average molecular weight is 443 g/mol. The number of phenolic OH excluding ortho intramolecular Hbond substituents is 1. The Morgan fingerprint density at radius 1 is 1.18 bits per heavy atom. The highest BCUT2D eigenvalue weighted by atomic mass is 16.5. The van der Waals surface area contributed by atoms with E-state index in [1.165, 1.54) is 12.8 Å². The maximum absolute atomic E-state index is 13.7. The molecule has 3 aliphatic carbocycles. The lowest BCUT2D eigenvalue weighted by molar-refractivity contribution is -0.173. The number of hydrogen-bond acceptors (Lipinski definition) is 5. The lowest BCUT2D eigenvalue weighted by Gasteiger charge is -2.62. The van der Waals surface area contributed by atoms with Crippen LogP contribution < -0.4 is 10.2 Å². The second-order valence-corrected chi connectivity index (χ2v) is 10.8. The number of pyridine rings is 1. The minimum atomic E-state index is -1.13. The van der Waals surface area contributed by atoms with E-state index in [-0.39, 0.29) is 17.2 Å². The van der Waals surface area contributed by atoms with Crippen molar-refractivity contribution >= 4 is 10.9 Å². The van der Waals surface area contributed by atoms with Crippen molar-refractivity contribution in [2.75, 3.05) is 13.1 Å². The highest BCUT2D eigenvalue weighted by Gasteiger charge is 2.72. The van der Waals surface area contributed by atoms with E-state index in [9.17, 15) is 15.0 Å². The molecule has 33 heavy (non-hydrogen) atoms. The summed E-state index contributed by atoms with van der Waals surface area (Å²) in [5.74, 6) is 1.33. The molecule has 0 radical (unpaired) electrons. The zero-order chi connectivity index (χ0) is 22.1. The summed E-state index contributed by atoms with van der Waals surface area (Å²) in [5.41, 5.74) is 2.49. The van der Waals surface area contributed by atoms with Crippen molar-refractivity contribution in [1.82, 2.24) is 9.88 Å². The Kier molecular flexibility index (Phi) is 3.27. The summed E-state index contributed by atoms with van der Waals surface area (Å²) in [6.45, 7) is 1.90. The SMILES string of the molecule is O=c1c2c([nH]c3ccccc13)[C@@H]1Oc3c(O)ccc4c3[C@@]13CCN(CC1CC1)[C@@H](C4)[C@]3(O)C2. The monoisotopic (exact) mass is 442 g/mol. The van der Waals surface area contributed by atoms with Crippen molar-refractivity contribution in [3.05, 3.63) is 69.0 Å². The fourth-order valence-electron chi connectivity index (χ4n) is 7.63. The first kappa shape index (κ1) is 18.6. The molecule has 3 heterocycles.